The Morgan fingerprint density at radius 1 is 1.03 bits per heavy atom. The molecule has 3 heterocycles. The first kappa shape index (κ1) is 23.7. The lowest BCUT2D eigenvalue weighted by atomic mass is 10.0. The molecule has 0 bridgehead atoms. The van der Waals surface area contributed by atoms with Crippen molar-refractivity contribution in [2.75, 3.05) is 11.1 Å². The van der Waals surface area contributed by atoms with Crippen LogP contribution in [0.2, 0.25) is 0 Å². The molecule has 0 saturated heterocycles. The quantitative estimate of drug-likeness (QED) is 0.282. The molecule has 5 aromatic rings. The van der Waals surface area contributed by atoms with Gasteiger partial charge in [0.2, 0.25) is 11.8 Å². The Bertz CT molecular complexity index is 1510. The van der Waals surface area contributed by atoms with Crippen LogP contribution in [0.5, 0.6) is 0 Å². The summed E-state index contributed by atoms with van der Waals surface area (Å²) in [5.41, 5.74) is 3.72. The van der Waals surface area contributed by atoms with Gasteiger partial charge in [-0.3, -0.25) is 10.1 Å². The fourth-order valence-electron chi connectivity index (χ4n) is 3.80. The van der Waals surface area contributed by atoms with Crippen molar-refractivity contribution in [1.82, 2.24) is 29.9 Å². The molecular formula is C26H25N7O2S. The van der Waals surface area contributed by atoms with E-state index in [2.05, 4.69) is 31.8 Å². The SMILES string of the molecule is CCn1c(SCC(=O)Nc2nnc(C(C)C)o2)nnc1-c1cc(-c2ccccc2)nc2ccccc12. The maximum absolute atomic E-state index is 12.5. The number of nitrogens with one attached hydrogen (secondary N) is 1. The van der Waals surface area contributed by atoms with E-state index in [9.17, 15) is 4.79 Å². The molecule has 5 rings (SSSR count). The van der Waals surface area contributed by atoms with Gasteiger partial charge in [-0.1, -0.05) is 79.2 Å². The summed E-state index contributed by atoms with van der Waals surface area (Å²) >= 11 is 1.31. The fourth-order valence-corrected chi connectivity index (χ4v) is 4.60. The zero-order valence-corrected chi connectivity index (χ0v) is 21.0. The van der Waals surface area contributed by atoms with Crippen LogP contribution in [0.1, 0.15) is 32.6 Å². The van der Waals surface area contributed by atoms with Crippen molar-refractivity contribution in [2.45, 2.75) is 38.4 Å². The number of benzene rings is 2. The number of aromatic nitrogens is 6. The van der Waals surface area contributed by atoms with Crippen LogP contribution in [0.25, 0.3) is 33.5 Å². The maximum Gasteiger partial charge on any atom is 0.322 e. The average Bonchev–Trinajstić information content (AvgIpc) is 3.54. The number of anilines is 1. The Morgan fingerprint density at radius 2 is 1.81 bits per heavy atom. The fraction of sp³-hybridized carbons (Fsp3) is 0.231. The number of rotatable bonds is 8. The summed E-state index contributed by atoms with van der Waals surface area (Å²) in [6.45, 7) is 6.56. The lowest BCUT2D eigenvalue weighted by Gasteiger charge is -2.11. The Morgan fingerprint density at radius 3 is 2.56 bits per heavy atom. The van der Waals surface area contributed by atoms with Crippen LogP contribution in [-0.2, 0) is 11.3 Å². The van der Waals surface area contributed by atoms with Crippen LogP contribution in [0, 0.1) is 0 Å². The van der Waals surface area contributed by atoms with Gasteiger partial charge in [-0.2, -0.15) is 0 Å². The van der Waals surface area contributed by atoms with Crippen molar-refractivity contribution in [2.24, 2.45) is 0 Å². The second kappa shape index (κ2) is 10.3. The number of thioether (sulfide) groups is 1. The summed E-state index contributed by atoms with van der Waals surface area (Å²) in [4.78, 5) is 17.4. The van der Waals surface area contributed by atoms with Gasteiger partial charge in [-0.05, 0) is 19.1 Å². The van der Waals surface area contributed by atoms with Gasteiger partial charge in [0.1, 0.15) is 0 Å². The number of carbonyl (C=O) groups excluding carboxylic acids is 1. The van der Waals surface area contributed by atoms with E-state index in [1.165, 1.54) is 11.8 Å². The highest BCUT2D eigenvalue weighted by atomic mass is 32.2. The molecule has 0 saturated carbocycles. The van der Waals surface area contributed by atoms with Crippen LogP contribution in [0.3, 0.4) is 0 Å². The van der Waals surface area contributed by atoms with E-state index in [0.29, 0.717) is 17.6 Å². The minimum atomic E-state index is -0.258. The number of hydrogen-bond donors (Lipinski definition) is 1. The summed E-state index contributed by atoms with van der Waals surface area (Å²) in [6.07, 6.45) is 0. The van der Waals surface area contributed by atoms with Crippen molar-refractivity contribution >= 4 is 34.6 Å². The molecule has 0 aliphatic rings. The molecule has 0 aliphatic heterocycles. The summed E-state index contributed by atoms with van der Waals surface area (Å²) in [5.74, 6) is 1.17. The van der Waals surface area contributed by atoms with Gasteiger partial charge < -0.3 is 8.98 Å². The number of pyridine rings is 1. The molecule has 9 nitrogen and oxygen atoms in total. The third-order valence-electron chi connectivity index (χ3n) is 5.57. The second-order valence-electron chi connectivity index (χ2n) is 8.43. The number of hydrogen-bond acceptors (Lipinski definition) is 8. The van der Waals surface area contributed by atoms with E-state index in [4.69, 9.17) is 9.40 Å². The van der Waals surface area contributed by atoms with Gasteiger partial charge in [0.25, 0.3) is 0 Å². The average molecular weight is 500 g/mol. The van der Waals surface area contributed by atoms with Crippen molar-refractivity contribution < 1.29 is 9.21 Å². The molecule has 0 spiro atoms. The van der Waals surface area contributed by atoms with Crippen molar-refractivity contribution in [1.29, 1.82) is 0 Å². The Labute approximate surface area is 212 Å². The molecule has 1 amide bonds. The van der Waals surface area contributed by atoms with E-state index in [1.807, 2.05) is 79.9 Å². The smallest absolute Gasteiger partial charge is 0.322 e. The molecule has 0 radical (unpaired) electrons. The number of amides is 1. The van der Waals surface area contributed by atoms with Crippen LogP contribution in [-0.4, -0.2) is 41.6 Å². The van der Waals surface area contributed by atoms with Crippen LogP contribution < -0.4 is 5.32 Å². The summed E-state index contributed by atoms with van der Waals surface area (Å²) in [5, 5.41) is 21.0. The Kier molecular flexibility index (Phi) is 6.77. The summed E-state index contributed by atoms with van der Waals surface area (Å²) in [6, 6.07) is 20.2. The molecule has 0 aliphatic carbocycles. The molecule has 0 fully saturated rings. The lowest BCUT2D eigenvalue weighted by Crippen LogP contribution is -2.15. The highest BCUT2D eigenvalue weighted by Gasteiger charge is 2.19. The third kappa shape index (κ3) is 4.85. The van der Waals surface area contributed by atoms with Crippen molar-refractivity contribution in [3.63, 3.8) is 0 Å². The molecule has 0 atom stereocenters. The van der Waals surface area contributed by atoms with Crippen molar-refractivity contribution in [3.05, 3.63) is 66.6 Å². The summed E-state index contributed by atoms with van der Waals surface area (Å²) in [7, 11) is 0. The second-order valence-corrected chi connectivity index (χ2v) is 9.37. The largest absolute Gasteiger partial charge is 0.408 e. The monoisotopic (exact) mass is 499 g/mol. The molecule has 0 unspecified atom stereocenters. The highest BCUT2D eigenvalue weighted by molar-refractivity contribution is 7.99. The van der Waals surface area contributed by atoms with Gasteiger partial charge >= 0.3 is 6.01 Å². The zero-order chi connectivity index (χ0) is 25.1. The van der Waals surface area contributed by atoms with E-state index < -0.39 is 0 Å². The van der Waals surface area contributed by atoms with E-state index >= 15 is 0 Å². The first-order valence-corrected chi connectivity index (χ1v) is 12.7. The molecule has 182 valence electrons. The standard InChI is InChI=1S/C26H25N7O2S/c1-4-33-23(29-32-26(33)36-15-22(34)28-25-31-30-24(35-25)16(2)3)19-14-21(17-10-6-5-7-11-17)27-20-13-9-8-12-18(19)20/h5-14,16H,4,15H2,1-3H3,(H,28,31,34). The Balaban J connectivity index is 1.42. The number of para-hydroxylation sites is 1. The predicted octanol–water partition coefficient (Wildman–Crippen LogP) is 5.42. The number of carbonyl (C=O) groups is 1. The molecular weight excluding hydrogens is 474 g/mol. The van der Waals surface area contributed by atoms with Gasteiger partial charge in [0.05, 0.1) is 17.0 Å². The topological polar surface area (TPSA) is 112 Å². The number of nitrogens with zero attached hydrogens (tertiary/aromatic N) is 6. The number of fused-ring (bicyclic) bond motifs is 1. The van der Waals surface area contributed by atoms with Gasteiger partial charge in [0, 0.05) is 29.0 Å². The zero-order valence-electron chi connectivity index (χ0n) is 20.2. The van der Waals surface area contributed by atoms with E-state index in [0.717, 1.165) is 33.5 Å². The molecule has 3 aromatic heterocycles. The molecule has 2 aromatic carbocycles. The van der Waals surface area contributed by atoms with E-state index in [-0.39, 0.29) is 23.6 Å². The summed E-state index contributed by atoms with van der Waals surface area (Å²) < 4.78 is 7.47. The van der Waals surface area contributed by atoms with Crippen LogP contribution in [0.15, 0.2) is 70.2 Å². The molecule has 36 heavy (non-hydrogen) atoms. The normalized spacial score (nSPS) is 11.3. The molecule has 10 heteroatoms. The predicted molar refractivity (Wildman–Crippen MR) is 140 cm³/mol. The van der Waals surface area contributed by atoms with Crippen LogP contribution in [0.4, 0.5) is 6.01 Å². The molecule has 1 N–H and O–H groups in total. The van der Waals surface area contributed by atoms with Gasteiger partial charge in [0.15, 0.2) is 11.0 Å². The van der Waals surface area contributed by atoms with E-state index in [1.54, 1.807) is 0 Å². The van der Waals surface area contributed by atoms with Gasteiger partial charge in [-0.25, -0.2) is 4.98 Å². The van der Waals surface area contributed by atoms with Crippen LogP contribution >= 0.6 is 11.8 Å². The van der Waals surface area contributed by atoms with Gasteiger partial charge in [-0.15, -0.1) is 15.3 Å². The first-order chi connectivity index (χ1) is 17.5. The highest BCUT2D eigenvalue weighted by Crippen LogP contribution is 2.33. The first-order valence-electron chi connectivity index (χ1n) is 11.7. The minimum absolute atomic E-state index is 0.0886. The lowest BCUT2D eigenvalue weighted by molar-refractivity contribution is -0.113. The Hall–Kier alpha value is -4.05. The minimum Gasteiger partial charge on any atom is -0.408 e. The maximum atomic E-state index is 12.5. The van der Waals surface area contributed by atoms with Crippen molar-refractivity contribution in [3.8, 4) is 22.6 Å². The third-order valence-corrected chi connectivity index (χ3v) is 6.54.